The number of ether oxygens (including phenoxy) is 1. The number of hydrogen-bond donors (Lipinski definition) is 2. The zero-order chi connectivity index (χ0) is 24.9. The number of rotatable bonds is 2. The molecule has 0 radical (unpaired) electrons. The van der Waals surface area contributed by atoms with Crippen LogP contribution in [-0.2, 0) is 24.7 Å². The first-order valence-corrected chi connectivity index (χ1v) is 11.1. The van der Waals surface area contributed by atoms with Gasteiger partial charge < -0.3 is 14.9 Å². The Hall–Kier alpha value is -4.83. The highest BCUT2D eigenvalue weighted by atomic mass is 16.7. The molecule has 1 atom stereocenters. The Bertz CT molecular complexity index is 1600. The quantitative estimate of drug-likeness (QED) is 0.422. The van der Waals surface area contributed by atoms with E-state index < -0.39 is 17.5 Å². The molecule has 3 aliphatic heterocycles. The lowest BCUT2D eigenvalue weighted by molar-refractivity contribution is -0.140. The van der Waals surface area contributed by atoms with Gasteiger partial charge in [-0.2, -0.15) is 0 Å². The van der Waals surface area contributed by atoms with E-state index in [4.69, 9.17) is 19.6 Å². The normalized spacial score (nSPS) is 22.1. The van der Waals surface area contributed by atoms with Gasteiger partial charge in [0.2, 0.25) is 0 Å². The minimum absolute atomic E-state index is 0.0212. The van der Waals surface area contributed by atoms with Crippen molar-refractivity contribution >= 4 is 29.2 Å². The minimum Gasteiger partial charge on any atom is -0.465 e. The van der Waals surface area contributed by atoms with E-state index in [2.05, 4.69) is 10.9 Å². The maximum Gasteiger partial charge on any atom is 0.378 e. The van der Waals surface area contributed by atoms with Gasteiger partial charge in [-0.25, -0.2) is 19.6 Å². The number of hydrazine groups is 1. The Morgan fingerprint density at radius 3 is 2.50 bits per heavy atom. The second-order valence-electron chi connectivity index (χ2n) is 8.40. The van der Waals surface area contributed by atoms with E-state index in [1.807, 2.05) is 36.4 Å². The molecule has 1 spiro atoms. The van der Waals surface area contributed by atoms with Gasteiger partial charge in [-0.05, 0) is 42.5 Å². The van der Waals surface area contributed by atoms with Crippen molar-refractivity contribution in [2.45, 2.75) is 12.0 Å². The number of esters is 1. The molecule has 0 aliphatic carbocycles. The topological polar surface area (TPSA) is 122 Å². The van der Waals surface area contributed by atoms with Crippen LogP contribution in [0.1, 0.15) is 22.3 Å². The average Bonchev–Trinajstić information content (AvgIpc) is 3.34. The SMILES string of the molecule is COC(=O)c1ccc(N2NOC(=O)/C2=C2\CC3(N=c4ccccc4=N2)C(=O)Nc2ccccc23)cc1. The zero-order valence-corrected chi connectivity index (χ0v) is 19.0. The van der Waals surface area contributed by atoms with Crippen LogP contribution in [-0.4, -0.2) is 25.0 Å². The summed E-state index contributed by atoms with van der Waals surface area (Å²) in [6.07, 6.45) is 0.0212. The molecule has 3 heterocycles. The summed E-state index contributed by atoms with van der Waals surface area (Å²) in [5, 5.41) is 5.41. The molecule has 1 saturated heterocycles. The van der Waals surface area contributed by atoms with Crippen LogP contribution in [0.4, 0.5) is 11.4 Å². The number of para-hydroxylation sites is 3. The van der Waals surface area contributed by atoms with E-state index in [0.717, 1.165) is 0 Å². The summed E-state index contributed by atoms with van der Waals surface area (Å²) in [6, 6.07) is 21.0. The van der Waals surface area contributed by atoms with Crippen LogP contribution in [0.3, 0.4) is 0 Å². The highest BCUT2D eigenvalue weighted by molar-refractivity contribution is 6.06. The molecule has 10 nitrogen and oxygen atoms in total. The molecule has 3 aromatic rings. The maximum absolute atomic E-state index is 13.4. The van der Waals surface area contributed by atoms with Gasteiger partial charge in [-0.15, -0.1) is 0 Å². The fraction of sp³-hybridized carbons (Fsp3) is 0.115. The number of anilines is 2. The molecule has 0 bridgehead atoms. The Labute approximate surface area is 204 Å². The first-order valence-electron chi connectivity index (χ1n) is 11.1. The first kappa shape index (κ1) is 21.7. The van der Waals surface area contributed by atoms with Crippen LogP contribution in [0.2, 0.25) is 0 Å². The van der Waals surface area contributed by atoms with E-state index in [-0.39, 0.29) is 18.0 Å². The van der Waals surface area contributed by atoms with E-state index in [1.165, 1.54) is 12.1 Å². The Kier molecular flexibility index (Phi) is 4.90. The largest absolute Gasteiger partial charge is 0.465 e. The zero-order valence-electron chi connectivity index (χ0n) is 19.0. The molecule has 6 rings (SSSR count). The van der Waals surface area contributed by atoms with Gasteiger partial charge in [0, 0.05) is 17.7 Å². The van der Waals surface area contributed by atoms with Crippen molar-refractivity contribution in [1.82, 2.24) is 5.59 Å². The van der Waals surface area contributed by atoms with Crippen LogP contribution in [0.15, 0.2) is 94.2 Å². The van der Waals surface area contributed by atoms with Gasteiger partial charge >= 0.3 is 11.9 Å². The lowest BCUT2D eigenvalue weighted by Crippen LogP contribution is -2.36. The second kappa shape index (κ2) is 8.14. The highest BCUT2D eigenvalue weighted by Gasteiger charge is 2.49. The minimum atomic E-state index is -1.32. The van der Waals surface area contributed by atoms with Crippen molar-refractivity contribution < 1.29 is 24.0 Å². The van der Waals surface area contributed by atoms with Gasteiger partial charge in [0.15, 0.2) is 11.2 Å². The third-order valence-corrected chi connectivity index (χ3v) is 6.33. The van der Waals surface area contributed by atoms with E-state index >= 15 is 0 Å². The molecule has 0 aromatic heterocycles. The lowest BCUT2D eigenvalue weighted by atomic mass is 9.86. The Balaban J connectivity index is 1.56. The third-order valence-electron chi connectivity index (χ3n) is 6.33. The smallest absolute Gasteiger partial charge is 0.378 e. The monoisotopic (exact) mass is 481 g/mol. The summed E-state index contributed by atoms with van der Waals surface area (Å²) in [5.41, 5.74) is 3.96. The van der Waals surface area contributed by atoms with Crippen LogP contribution >= 0.6 is 0 Å². The van der Waals surface area contributed by atoms with Crippen molar-refractivity contribution in [1.29, 1.82) is 0 Å². The molecule has 1 unspecified atom stereocenters. The fourth-order valence-electron chi connectivity index (χ4n) is 4.62. The van der Waals surface area contributed by atoms with E-state index in [0.29, 0.717) is 38.9 Å². The summed E-state index contributed by atoms with van der Waals surface area (Å²) in [4.78, 5) is 53.1. The molecular weight excluding hydrogens is 462 g/mol. The van der Waals surface area contributed by atoms with Gasteiger partial charge in [0.1, 0.15) is 0 Å². The van der Waals surface area contributed by atoms with Gasteiger partial charge in [-0.3, -0.25) is 9.79 Å². The van der Waals surface area contributed by atoms with E-state index in [9.17, 15) is 14.4 Å². The van der Waals surface area contributed by atoms with E-state index in [1.54, 1.807) is 36.4 Å². The molecule has 36 heavy (non-hydrogen) atoms. The van der Waals surface area contributed by atoms with Gasteiger partial charge in [-0.1, -0.05) is 35.9 Å². The summed E-state index contributed by atoms with van der Waals surface area (Å²) in [5.74, 6) is -1.44. The number of hydrogen-bond acceptors (Lipinski definition) is 9. The van der Waals surface area contributed by atoms with Gasteiger partial charge in [0.05, 0.1) is 34.8 Å². The van der Waals surface area contributed by atoms with Crippen molar-refractivity contribution in [3.63, 3.8) is 0 Å². The van der Waals surface area contributed by atoms with Crippen molar-refractivity contribution in [3.05, 3.63) is 106 Å². The number of nitrogens with zero attached hydrogens (tertiary/aromatic N) is 3. The predicted octanol–water partition coefficient (Wildman–Crippen LogP) is 1.66. The predicted molar refractivity (Wildman–Crippen MR) is 127 cm³/mol. The second-order valence-corrected chi connectivity index (χ2v) is 8.40. The standard InChI is InChI=1S/C26H19N5O5/c1-35-23(32)15-10-12-16(13-11-15)31-22(24(33)36-30-31)21-14-26(29-20-9-5-4-8-19(20)27-21)17-6-2-3-7-18(17)28-25(26)34/h2-13,30H,14H2,1H3,(H,28,34)/b22-21-. The average molecular weight is 481 g/mol. The number of carbonyl (C=O) groups excluding carboxylic acids is 3. The molecule has 3 aliphatic rings. The molecule has 3 aromatic carbocycles. The first-order chi connectivity index (χ1) is 17.5. The van der Waals surface area contributed by atoms with Crippen molar-refractivity contribution in [2.75, 3.05) is 17.4 Å². The van der Waals surface area contributed by atoms with Crippen LogP contribution in [0, 0.1) is 0 Å². The third kappa shape index (κ3) is 3.27. The molecule has 1 amide bonds. The number of amides is 1. The number of carbonyl (C=O) groups is 3. The number of nitrogens with one attached hydrogen (secondary N) is 2. The molecule has 178 valence electrons. The van der Waals surface area contributed by atoms with Crippen LogP contribution in [0.5, 0.6) is 0 Å². The number of fused-ring (bicyclic) bond motifs is 3. The van der Waals surface area contributed by atoms with Crippen LogP contribution in [0.25, 0.3) is 0 Å². The molecule has 1 fully saturated rings. The number of methoxy groups -OCH3 is 1. The molecule has 2 N–H and O–H groups in total. The van der Waals surface area contributed by atoms with Crippen molar-refractivity contribution in [3.8, 4) is 0 Å². The lowest BCUT2D eigenvalue weighted by Gasteiger charge is -2.24. The molecular formula is C26H19N5O5. The summed E-state index contributed by atoms with van der Waals surface area (Å²) in [6.45, 7) is 0. The van der Waals surface area contributed by atoms with Crippen LogP contribution < -0.4 is 26.6 Å². The fourth-order valence-corrected chi connectivity index (χ4v) is 4.62. The molecule has 0 saturated carbocycles. The molecule has 10 heteroatoms. The summed E-state index contributed by atoms with van der Waals surface area (Å²) in [7, 11) is 1.30. The number of benzene rings is 3. The maximum atomic E-state index is 13.4. The Morgan fingerprint density at radius 1 is 1.00 bits per heavy atom. The van der Waals surface area contributed by atoms with Crippen molar-refractivity contribution in [2.24, 2.45) is 9.98 Å². The summed E-state index contributed by atoms with van der Waals surface area (Å²) < 4.78 is 4.75. The summed E-state index contributed by atoms with van der Waals surface area (Å²) >= 11 is 0. The highest BCUT2D eigenvalue weighted by Crippen LogP contribution is 2.44. The Morgan fingerprint density at radius 2 is 1.72 bits per heavy atom. The van der Waals surface area contributed by atoms with Gasteiger partial charge in [0.25, 0.3) is 5.91 Å².